The van der Waals surface area contributed by atoms with Crippen molar-refractivity contribution in [2.45, 2.75) is 6.92 Å². The smallest absolute Gasteiger partial charge is 0.168 e. The predicted molar refractivity (Wildman–Crippen MR) is 63.3 cm³/mol. The molecular weight excluding hydrogens is 226 g/mol. The van der Waals surface area contributed by atoms with Crippen LogP contribution in [0.1, 0.15) is 17.3 Å². The Kier molecular flexibility index (Phi) is 3.46. The molecule has 1 aromatic carbocycles. The Balaban J connectivity index is 2.16. The van der Waals surface area contributed by atoms with Crippen LogP contribution in [-0.4, -0.2) is 25.5 Å². The Morgan fingerprint density at radius 2 is 2.31 bits per heavy atom. The predicted octanol–water partition coefficient (Wildman–Crippen LogP) is 2.14. The molecule has 1 heterocycles. The zero-order valence-electron chi connectivity index (χ0n) is 9.13. The highest BCUT2D eigenvalue weighted by atomic mass is 35.5. The lowest BCUT2D eigenvalue weighted by Gasteiger charge is -2.25. The van der Waals surface area contributed by atoms with Crippen LogP contribution in [0.3, 0.4) is 0 Å². The Bertz CT molecular complexity index is 402. The molecule has 1 aliphatic heterocycles. The Hall–Kier alpha value is -1.06. The molecule has 0 spiro atoms. The van der Waals surface area contributed by atoms with Crippen LogP contribution in [0.15, 0.2) is 18.2 Å². The van der Waals surface area contributed by atoms with Crippen LogP contribution in [0.25, 0.3) is 0 Å². The Morgan fingerprint density at radius 1 is 1.56 bits per heavy atom. The van der Waals surface area contributed by atoms with Crippen molar-refractivity contribution in [2.24, 2.45) is 5.92 Å². The van der Waals surface area contributed by atoms with Gasteiger partial charge in [-0.25, -0.2) is 0 Å². The number of benzene rings is 1. The fraction of sp³-hybridized carbons (Fsp3) is 0.417. The van der Waals surface area contributed by atoms with E-state index in [-0.39, 0.29) is 11.7 Å². The molecular formula is C12H14ClNO2. The first-order valence-corrected chi connectivity index (χ1v) is 5.77. The minimum Gasteiger partial charge on any atom is -0.492 e. The van der Waals surface area contributed by atoms with E-state index in [1.807, 2.05) is 6.92 Å². The summed E-state index contributed by atoms with van der Waals surface area (Å²) >= 11 is 6.03. The summed E-state index contributed by atoms with van der Waals surface area (Å²) in [7, 11) is 0. The molecule has 0 saturated carbocycles. The van der Waals surface area contributed by atoms with Gasteiger partial charge in [0.2, 0.25) is 0 Å². The molecule has 0 aromatic heterocycles. The van der Waals surface area contributed by atoms with E-state index in [1.165, 1.54) is 0 Å². The molecule has 0 unspecified atom stereocenters. The number of carbonyl (C=O) groups excluding carboxylic acids is 1. The van der Waals surface area contributed by atoms with Crippen LogP contribution in [0, 0.1) is 5.92 Å². The molecule has 0 atom stereocenters. The minimum absolute atomic E-state index is 0.106. The maximum atomic E-state index is 11.9. The van der Waals surface area contributed by atoms with E-state index in [4.69, 9.17) is 16.3 Å². The van der Waals surface area contributed by atoms with E-state index in [0.29, 0.717) is 22.9 Å². The summed E-state index contributed by atoms with van der Waals surface area (Å²) in [6, 6.07) is 5.22. The number of carbonyl (C=O) groups is 1. The van der Waals surface area contributed by atoms with Gasteiger partial charge in [0.25, 0.3) is 0 Å². The van der Waals surface area contributed by atoms with Crippen molar-refractivity contribution in [3.63, 3.8) is 0 Å². The number of ether oxygens (including phenoxy) is 1. The van der Waals surface area contributed by atoms with Crippen LogP contribution in [0.4, 0.5) is 0 Å². The number of halogens is 1. The van der Waals surface area contributed by atoms with E-state index < -0.39 is 0 Å². The van der Waals surface area contributed by atoms with Crippen LogP contribution in [0.2, 0.25) is 5.02 Å². The number of Topliss-reactive ketones (excluding diaryl/α,β-unsaturated/α-hetero) is 1. The average molecular weight is 240 g/mol. The maximum Gasteiger partial charge on any atom is 0.168 e. The molecule has 0 amide bonds. The van der Waals surface area contributed by atoms with Crippen molar-refractivity contribution in [3.8, 4) is 5.75 Å². The van der Waals surface area contributed by atoms with Crippen molar-refractivity contribution in [1.29, 1.82) is 0 Å². The maximum absolute atomic E-state index is 11.9. The van der Waals surface area contributed by atoms with E-state index in [2.05, 4.69) is 5.32 Å². The second-order valence-electron chi connectivity index (χ2n) is 3.80. The highest BCUT2D eigenvalue weighted by Crippen LogP contribution is 2.26. The number of hydrogen-bond donors (Lipinski definition) is 1. The van der Waals surface area contributed by atoms with E-state index in [1.54, 1.807) is 18.2 Å². The van der Waals surface area contributed by atoms with Gasteiger partial charge in [-0.2, -0.15) is 0 Å². The van der Waals surface area contributed by atoms with Gasteiger partial charge in [0, 0.05) is 24.6 Å². The molecule has 0 aliphatic carbocycles. The van der Waals surface area contributed by atoms with Crippen LogP contribution < -0.4 is 10.1 Å². The quantitative estimate of drug-likeness (QED) is 0.819. The standard InChI is InChI=1S/C12H14ClNO2/c1-2-16-11-4-3-8(5-10(11)13)12(15)9-6-14-7-9/h3-5,9,14H,2,6-7H2,1H3. The third kappa shape index (κ3) is 2.20. The first-order chi connectivity index (χ1) is 7.72. The first-order valence-electron chi connectivity index (χ1n) is 5.39. The molecule has 86 valence electrons. The Labute approximate surface area is 99.7 Å². The van der Waals surface area contributed by atoms with E-state index in [0.717, 1.165) is 13.1 Å². The number of hydrogen-bond acceptors (Lipinski definition) is 3. The summed E-state index contributed by atoms with van der Waals surface area (Å²) in [5.74, 6) is 0.894. The zero-order valence-corrected chi connectivity index (χ0v) is 9.88. The lowest BCUT2D eigenvalue weighted by Crippen LogP contribution is -2.46. The summed E-state index contributed by atoms with van der Waals surface area (Å²) < 4.78 is 5.32. The summed E-state index contributed by atoms with van der Waals surface area (Å²) in [6.45, 7) is 4.00. The molecule has 1 N–H and O–H groups in total. The van der Waals surface area contributed by atoms with Crippen molar-refractivity contribution in [1.82, 2.24) is 5.32 Å². The third-order valence-corrected chi connectivity index (χ3v) is 2.96. The fourth-order valence-electron chi connectivity index (χ4n) is 1.64. The average Bonchev–Trinajstić information content (AvgIpc) is 2.18. The molecule has 3 nitrogen and oxygen atoms in total. The number of rotatable bonds is 4. The van der Waals surface area contributed by atoms with Gasteiger partial charge in [0.15, 0.2) is 5.78 Å². The molecule has 1 saturated heterocycles. The molecule has 2 rings (SSSR count). The van der Waals surface area contributed by atoms with Crippen molar-refractivity contribution < 1.29 is 9.53 Å². The monoisotopic (exact) mass is 239 g/mol. The van der Waals surface area contributed by atoms with Crippen LogP contribution in [-0.2, 0) is 0 Å². The molecule has 16 heavy (non-hydrogen) atoms. The second-order valence-corrected chi connectivity index (χ2v) is 4.20. The summed E-state index contributed by atoms with van der Waals surface area (Å²) in [5, 5.41) is 3.58. The SMILES string of the molecule is CCOc1ccc(C(=O)C2CNC2)cc1Cl. The van der Waals surface area contributed by atoms with Gasteiger partial charge in [-0.05, 0) is 25.1 Å². The van der Waals surface area contributed by atoms with Gasteiger partial charge in [0.05, 0.1) is 11.6 Å². The normalized spacial score (nSPS) is 15.6. The molecule has 4 heteroatoms. The van der Waals surface area contributed by atoms with Gasteiger partial charge < -0.3 is 10.1 Å². The Morgan fingerprint density at radius 3 is 2.81 bits per heavy atom. The molecule has 1 aliphatic rings. The molecule has 0 bridgehead atoms. The van der Waals surface area contributed by atoms with Gasteiger partial charge in [-0.1, -0.05) is 11.6 Å². The largest absolute Gasteiger partial charge is 0.492 e. The topological polar surface area (TPSA) is 38.3 Å². The van der Waals surface area contributed by atoms with Crippen molar-refractivity contribution >= 4 is 17.4 Å². The first kappa shape index (κ1) is 11.4. The van der Waals surface area contributed by atoms with Gasteiger partial charge >= 0.3 is 0 Å². The highest BCUT2D eigenvalue weighted by Gasteiger charge is 2.26. The number of ketones is 1. The summed E-state index contributed by atoms with van der Waals surface area (Å²) in [4.78, 5) is 11.9. The van der Waals surface area contributed by atoms with Gasteiger partial charge in [0.1, 0.15) is 5.75 Å². The van der Waals surface area contributed by atoms with Gasteiger partial charge in [-0.3, -0.25) is 4.79 Å². The lowest BCUT2D eigenvalue weighted by molar-refractivity contribution is 0.0878. The van der Waals surface area contributed by atoms with Crippen molar-refractivity contribution in [3.05, 3.63) is 28.8 Å². The summed E-state index contributed by atoms with van der Waals surface area (Å²) in [5.41, 5.74) is 0.667. The van der Waals surface area contributed by atoms with Crippen LogP contribution >= 0.6 is 11.6 Å². The van der Waals surface area contributed by atoms with Crippen molar-refractivity contribution in [2.75, 3.05) is 19.7 Å². The van der Waals surface area contributed by atoms with E-state index >= 15 is 0 Å². The van der Waals surface area contributed by atoms with Crippen LogP contribution in [0.5, 0.6) is 5.75 Å². The van der Waals surface area contributed by atoms with E-state index in [9.17, 15) is 4.79 Å². The molecule has 1 fully saturated rings. The minimum atomic E-state index is 0.106. The lowest BCUT2D eigenvalue weighted by atomic mass is 9.93. The highest BCUT2D eigenvalue weighted by molar-refractivity contribution is 6.32. The molecule has 0 radical (unpaired) electrons. The zero-order chi connectivity index (χ0) is 11.5. The second kappa shape index (κ2) is 4.85. The summed E-state index contributed by atoms with van der Waals surface area (Å²) in [6.07, 6.45) is 0. The molecule has 1 aromatic rings. The number of nitrogens with one attached hydrogen (secondary N) is 1. The fourth-order valence-corrected chi connectivity index (χ4v) is 1.87. The van der Waals surface area contributed by atoms with Gasteiger partial charge in [-0.15, -0.1) is 0 Å². The third-order valence-electron chi connectivity index (χ3n) is 2.67.